The number of halogens is 1. The molecule has 116 valence electrons. The van der Waals surface area contributed by atoms with Crippen molar-refractivity contribution in [1.29, 1.82) is 0 Å². The molecule has 0 aliphatic rings. The van der Waals surface area contributed by atoms with E-state index in [4.69, 9.17) is 33.3 Å². The van der Waals surface area contributed by atoms with Crippen molar-refractivity contribution >= 4 is 28.9 Å². The molecule has 0 spiro atoms. The number of rotatable bonds is 6. The van der Waals surface area contributed by atoms with Gasteiger partial charge in [-0.2, -0.15) is 0 Å². The Morgan fingerprint density at radius 2 is 1.59 bits per heavy atom. The molecule has 0 radical (unpaired) electrons. The molecule has 0 amide bonds. The first-order valence-corrected chi connectivity index (χ1v) is 8.06. The summed E-state index contributed by atoms with van der Waals surface area (Å²) in [7, 11) is 0. The predicted molar refractivity (Wildman–Crippen MR) is 95.1 cm³/mol. The van der Waals surface area contributed by atoms with E-state index in [2.05, 4.69) is 19.1 Å². The molecule has 0 aliphatic carbocycles. The summed E-state index contributed by atoms with van der Waals surface area (Å²) in [5.74, 6) is 1.78. The van der Waals surface area contributed by atoms with Crippen molar-refractivity contribution in [2.75, 3.05) is 6.61 Å². The summed E-state index contributed by atoms with van der Waals surface area (Å²) in [6, 6.07) is 15.3. The number of ether oxygens (including phenoxy) is 2. The first-order chi connectivity index (χ1) is 10.6. The fourth-order valence-corrected chi connectivity index (χ4v) is 2.38. The molecule has 2 aromatic carbocycles. The molecule has 0 aromatic heterocycles. The molecule has 4 heteroatoms. The van der Waals surface area contributed by atoms with Crippen LogP contribution in [0.4, 0.5) is 0 Å². The molecular formula is C18H19ClO2S. The monoisotopic (exact) mass is 334 g/mol. The normalized spacial score (nSPS) is 11.8. The number of hydrogen-bond donors (Lipinski definition) is 0. The summed E-state index contributed by atoms with van der Waals surface area (Å²) >= 11 is 11.1. The topological polar surface area (TPSA) is 18.5 Å². The Morgan fingerprint density at radius 3 is 2.14 bits per heavy atom. The van der Waals surface area contributed by atoms with Gasteiger partial charge in [0.25, 0.3) is 0 Å². The molecule has 0 fully saturated rings. The quantitative estimate of drug-likeness (QED) is 0.634. The molecule has 0 N–H and O–H groups in total. The first kappa shape index (κ1) is 16.8. The molecule has 1 unspecified atom stereocenters. The Kier molecular flexibility index (Phi) is 6.22. The molecule has 2 aromatic rings. The van der Waals surface area contributed by atoms with Gasteiger partial charge < -0.3 is 9.47 Å². The van der Waals surface area contributed by atoms with Crippen molar-refractivity contribution in [2.45, 2.75) is 20.3 Å². The molecule has 22 heavy (non-hydrogen) atoms. The van der Waals surface area contributed by atoms with Crippen LogP contribution in [0, 0.1) is 5.92 Å². The third-order valence-corrected chi connectivity index (χ3v) is 3.98. The number of thiocarbonyl (C=S) groups is 1. The second-order valence-corrected chi connectivity index (χ2v) is 5.90. The van der Waals surface area contributed by atoms with Crippen LogP contribution in [0.3, 0.4) is 0 Å². The fraction of sp³-hybridized carbons (Fsp3) is 0.278. The summed E-state index contributed by atoms with van der Waals surface area (Å²) in [4.78, 5) is 0. The van der Waals surface area contributed by atoms with Crippen LogP contribution >= 0.6 is 23.8 Å². The van der Waals surface area contributed by atoms with Gasteiger partial charge in [-0.15, -0.1) is 0 Å². The van der Waals surface area contributed by atoms with Gasteiger partial charge >= 0.3 is 0 Å². The van der Waals surface area contributed by atoms with Crippen molar-refractivity contribution in [1.82, 2.24) is 0 Å². The van der Waals surface area contributed by atoms with Crippen LogP contribution in [0.5, 0.6) is 11.5 Å². The minimum atomic E-state index is 0.220. The average Bonchev–Trinajstić information content (AvgIpc) is 2.51. The molecule has 2 nitrogen and oxygen atoms in total. The maximum Gasteiger partial charge on any atom is 0.162 e. The summed E-state index contributed by atoms with van der Waals surface area (Å²) in [6.45, 7) is 4.65. The van der Waals surface area contributed by atoms with Crippen LogP contribution in [-0.4, -0.2) is 11.7 Å². The fourth-order valence-electron chi connectivity index (χ4n) is 2.05. The zero-order valence-corrected chi connectivity index (χ0v) is 14.3. The number of benzene rings is 2. The standard InChI is InChI=1S/C18H19ClO2S/c1-3-20-18(22)13(2)12-14-4-8-16(9-5-14)21-17-10-6-15(19)7-11-17/h4-11,13H,3,12H2,1-2H3. The lowest BCUT2D eigenvalue weighted by Crippen LogP contribution is -2.14. The van der Waals surface area contributed by atoms with Gasteiger partial charge in [0.05, 0.1) is 6.61 Å². The van der Waals surface area contributed by atoms with Crippen LogP contribution in [-0.2, 0) is 11.2 Å². The van der Waals surface area contributed by atoms with Gasteiger partial charge in [-0.1, -0.05) is 30.7 Å². The highest BCUT2D eigenvalue weighted by Gasteiger charge is 2.10. The van der Waals surface area contributed by atoms with Crippen molar-refractivity contribution in [2.24, 2.45) is 5.92 Å². The highest BCUT2D eigenvalue weighted by atomic mass is 35.5. The van der Waals surface area contributed by atoms with Crippen LogP contribution in [0.15, 0.2) is 48.5 Å². The second-order valence-electron chi connectivity index (χ2n) is 5.06. The molecule has 0 aliphatic heterocycles. The Morgan fingerprint density at radius 1 is 1.05 bits per heavy atom. The lowest BCUT2D eigenvalue weighted by molar-refractivity contribution is 0.313. The Hall–Kier alpha value is -1.58. The lowest BCUT2D eigenvalue weighted by Gasteiger charge is -2.13. The van der Waals surface area contributed by atoms with Crippen LogP contribution < -0.4 is 4.74 Å². The zero-order valence-electron chi connectivity index (χ0n) is 12.7. The minimum absolute atomic E-state index is 0.220. The van der Waals surface area contributed by atoms with Gasteiger partial charge in [0.15, 0.2) is 5.05 Å². The van der Waals surface area contributed by atoms with E-state index in [9.17, 15) is 0 Å². The Bertz CT molecular complexity index is 608. The molecule has 0 bridgehead atoms. The van der Waals surface area contributed by atoms with E-state index in [1.807, 2.05) is 43.3 Å². The highest BCUT2D eigenvalue weighted by Crippen LogP contribution is 2.24. The van der Waals surface area contributed by atoms with Crippen LogP contribution in [0.1, 0.15) is 19.4 Å². The van der Waals surface area contributed by atoms with Crippen molar-refractivity contribution in [3.05, 3.63) is 59.1 Å². The van der Waals surface area contributed by atoms with Crippen molar-refractivity contribution < 1.29 is 9.47 Å². The molecule has 0 saturated heterocycles. The van der Waals surface area contributed by atoms with Gasteiger partial charge in [-0.25, -0.2) is 0 Å². The maximum absolute atomic E-state index is 5.86. The summed E-state index contributed by atoms with van der Waals surface area (Å²) in [5.41, 5.74) is 1.21. The highest BCUT2D eigenvalue weighted by molar-refractivity contribution is 7.80. The van der Waals surface area contributed by atoms with Crippen LogP contribution in [0.2, 0.25) is 5.02 Å². The number of hydrogen-bond acceptors (Lipinski definition) is 3. The van der Waals surface area contributed by atoms with Gasteiger partial charge in [0.2, 0.25) is 0 Å². The van der Waals surface area contributed by atoms with Crippen molar-refractivity contribution in [3.8, 4) is 11.5 Å². The summed E-state index contributed by atoms with van der Waals surface area (Å²) < 4.78 is 11.2. The molecule has 0 heterocycles. The SMILES string of the molecule is CCOC(=S)C(C)Cc1ccc(Oc2ccc(Cl)cc2)cc1. The van der Waals surface area contributed by atoms with Gasteiger partial charge in [-0.05, 0) is 67.5 Å². The summed E-state index contributed by atoms with van der Waals surface area (Å²) in [5, 5.41) is 1.37. The minimum Gasteiger partial charge on any atom is -0.487 e. The van der Waals surface area contributed by atoms with Crippen molar-refractivity contribution in [3.63, 3.8) is 0 Å². The Balaban J connectivity index is 1.95. The largest absolute Gasteiger partial charge is 0.487 e. The van der Waals surface area contributed by atoms with E-state index < -0.39 is 0 Å². The summed E-state index contributed by atoms with van der Waals surface area (Å²) in [6.07, 6.45) is 0.861. The van der Waals surface area contributed by atoms with E-state index >= 15 is 0 Å². The van der Waals surface area contributed by atoms with Gasteiger partial charge in [0.1, 0.15) is 11.5 Å². The van der Waals surface area contributed by atoms with E-state index in [1.165, 1.54) is 5.56 Å². The zero-order chi connectivity index (χ0) is 15.9. The molecular weight excluding hydrogens is 316 g/mol. The van der Waals surface area contributed by atoms with E-state index in [1.54, 1.807) is 0 Å². The third kappa shape index (κ3) is 5.00. The molecule has 0 saturated carbocycles. The Labute approximate surface area is 142 Å². The van der Waals surface area contributed by atoms with E-state index in [0.717, 1.165) is 17.9 Å². The lowest BCUT2D eigenvalue weighted by atomic mass is 10.0. The predicted octanol–water partition coefficient (Wildman–Crippen LogP) is 5.67. The molecule has 1 atom stereocenters. The third-order valence-electron chi connectivity index (χ3n) is 3.20. The smallest absolute Gasteiger partial charge is 0.162 e. The molecule has 2 rings (SSSR count). The average molecular weight is 335 g/mol. The van der Waals surface area contributed by atoms with Gasteiger partial charge in [-0.3, -0.25) is 0 Å². The van der Waals surface area contributed by atoms with Gasteiger partial charge in [0, 0.05) is 10.9 Å². The van der Waals surface area contributed by atoms with Crippen LogP contribution in [0.25, 0.3) is 0 Å². The van der Waals surface area contributed by atoms with E-state index in [-0.39, 0.29) is 5.92 Å². The second kappa shape index (κ2) is 8.16. The first-order valence-electron chi connectivity index (χ1n) is 7.27. The maximum atomic E-state index is 5.86. The van der Waals surface area contributed by atoms with E-state index in [0.29, 0.717) is 16.7 Å².